The van der Waals surface area contributed by atoms with Crippen LogP contribution in [0.25, 0.3) is 0 Å². The second-order valence-corrected chi connectivity index (χ2v) is 4.94. The molecule has 1 aromatic carbocycles. The third kappa shape index (κ3) is 5.53. The first-order valence-corrected chi connectivity index (χ1v) is 6.46. The van der Waals surface area contributed by atoms with Gasteiger partial charge in [0.05, 0.1) is 6.42 Å². The minimum atomic E-state index is 0.114. The fraction of sp³-hybridized carbons (Fsp3) is 0.533. The van der Waals surface area contributed by atoms with Gasteiger partial charge in [0.1, 0.15) is 0 Å². The standard InChI is InChI=1S/C15H23NO/c1-4-9-16-15(17)11-14-7-5-13(6-8-14)10-12(2)3/h5-8,12H,4,9-11H2,1-3H3,(H,16,17). The monoisotopic (exact) mass is 233 g/mol. The number of benzene rings is 1. The zero-order valence-corrected chi connectivity index (χ0v) is 11.1. The first kappa shape index (κ1) is 13.8. The molecular weight excluding hydrogens is 210 g/mol. The summed E-state index contributed by atoms with van der Waals surface area (Å²) >= 11 is 0. The van der Waals surface area contributed by atoms with Crippen LogP contribution in [0.3, 0.4) is 0 Å². The highest BCUT2D eigenvalue weighted by Gasteiger charge is 2.03. The van der Waals surface area contributed by atoms with Crippen LogP contribution in [0, 0.1) is 5.92 Å². The van der Waals surface area contributed by atoms with Crippen molar-refractivity contribution >= 4 is 5.91 Å². The quantitative estimate of drug-likeness (QED) is 0.804. The molecule has 94 valence electrons. The molecule has 17 heavy (non-hydrogen) atoms. The van der Waals surface area contributed by atoms with Crippen molar-refractivity contribution in [2.75, 3.05) is 6.54 Å². The maximum absolute atomic E-state index is 11.5. The summed E-state index contributed by atoms with van der Waals surface area (Å²) in [5.41, 5.74) is 2.43. The number of carbonyl (C=O) groups is 1. The molecule has 1 rings (SSSR count). The lowest BCUT2D eigenvalue weighted by Gasteiger charge is -2.07. The fourth-order valence-corrected chi connectivity index (χ4v) is 1.78. The average Bonchev–Trinajstić information content (AvgIpc) is 2.28. The molecule has 0 aliphatic carbocycles. The van der Waals surface area contributed by atoms with Crippen molar-refractivity contribution in [3.63, 3.8) is 0 Å². The Morgan fingerprint density at radius 3 is 2.29 bits per heavy atom. The molecule has 0 aliphatic rings. The van der Waals surface area contributed by atoms with E-state index in [1.807, 2.05) is 0 Å². The van der Waals surface area contributed by atoms with Crippen molar-refractivity contribution in [1.29, 1.82) is 0 Å². The molecule has 1 aromatic rings. The third-order valence-corrected chi connectivity index (χ3v) is 2.60. The fourth-order valence-electron chi connectivity index (χ4n) is 1.78. The van der Waals surface area contributed by atoms with Crippen LogP contribution < -0.4 is 5.32 Å². The number of nitrogens with one attached hydrogen (secondary N) is 1. The van der Waals surface area contributed by atoms with Crippen molar-refractivity contribution in [3.8, 4) is 0 Å². The Kier molecular flexibility index (Phi) is 5.75. The molecule has 0 aliphatic heterocycles. The van der Waals surface area contributed by atoms with Gasteiger partial charge >= 0.3 is 0 Å². The second-order valence-electron chi connectivity index (χ2n) is 4.94. The Labute approximate surface area is 104 Å². The van der Waals surface area contributed by atoms with Gasteiger partial charge in [-0.3, -0.25) is 4.79 Å². The molecule has 2 heteroatoms. The van der Waals surface area contributed by atoms with Crippen LogP contribution in [0.5, 0.6) is 0 Å². The van der Waals surface area contributed by atoms with Crippen molar-refractivity contribution in [3.05, 3.63) is 35.4 Å². The van der Waals surface area contributed by atoms with Gasteiger partial charge in [0.15, 0.2) is 0 Å². The molecule has 1 amide bonds. The summed E-state index contributed by atoms with van der Waals surface area (Å²) in [6.07, 6.45) is 2.57. The van der Waals surface area contributed by atoms with Crippen molar-refractivity contribution in [2.45, 2.75) is 40.0 Å². The van der Waals surface area contributed by atoms with Crippen molar-refractivity contribution in [1.82, 2.24) is 5.32 Å². The van der Waals surface area contributed by atoms with Crippen molar-refractivity contribution in [2.24, 2.45) is 5.92 Å². The van der Waals surface area contributed by atoms with Gasteiger partial charge in [-0.2, -0.15) is 0 Å². The van der Waals surface area contributed by atoms with E-state index in [0.717, 1.165) is 24.9 Å². The summed E-state index contributed by atoms with van der Waals surface area (Å²) in [5.74, 6) is 0.789. The van der Waals surface area contributed by atoms with Gasteiger partial charge in [0.2, 0.25) is 5.91 Å². The van der Waals surface area contributed by atoms with Gasteiger partial charge in [0.25, 0.3) is 0 Å². The number of hydrogen-bond acceptors (Lipinski definition) is 1. The molecule has 0 bridgehead atoms. The topological polar surface area (TPSA) is 29.1 Å². The maximum atomic E-state index is 11.5. The lowest BCUT2D eigenvalue weighted by Crippen LogP contribution is -2.25. The molecule has 0 heterocycles. The highest BCUT2D eigenvalue weighted by atomic mass is 16.1. The van der Waals surface area contributed by atoms with Crippen molar-refractivity contribution < 1.29 is 4.79 Å². The van der Waals surface area contributed by atoms with Crippen LogP contribution in [-0.2, 0) is 17.6 Å². The minimum Gasteiger partial charge on any atom is -0.356 e. The van der Waals surface area contributed by atoms with Crippen LogP contribution in [0.1, 0.15) is 38.3 Å². The minimum absolute atomic E-state index is 0.114. The zero-order valence-electron chi connectivity index (χ0n) is 11.1. The van der Waals surface area contributed by atoms with Gasteiger partial charge in [0, 0.05) is 6.54 Å². The summed E-state index contributed by atoms with van der Waals surface area (Å²) in [7, 11) is 0. The number of carbonyl (C=O) groups excluding carboxylic acids is 1. The number of rotatable bonds is 6. The second kappa shape index (κ2) is 7.10. The number of hydrogen-bond donors (Lipinski definition) is 1. The molecule has 0 fully saturated rings. The van der Waals surface area contributed by atoms with Gasteiger partial charge in [-0.25, -0.2) is 0 Å². The molecule has 0 saturated carbocycles. The number of amides is 1. The lowest BCUT2D eigenvalue weighted by molar-refractivity contribution is -0.120. The Morgan fingerprint density at radius 1 is 1.18 bits per heavy atom. The van der Waals surface area contributed by atoms with Crippen LogP contribution in [0.2, 0.25) is 0 Å². The average molecular weight is 233 g/mol. The SMILES string of the molecule is CCCNC(=O)Cc1ccc(CC(C)C)cc1. The Balaban J connectivity index is 2.47. The molecule has 0 unspecified atom stereocenters. The predicted molar refractivity (Wildman–Crippen MR) is 72.0 cm³/mol. The summed E-state index contributed by atoms with van der Waals surface area (Å²) in [4.78, 5) is 11.5. The summed E-state index contributed by atoms with van der Waals surface area (Å²) < 4.78 is 0. The molecule has 0 saturated heterocycles. The maximum Gasteiger partial charge on any atom is 0.224 e. The van der Waals surface area contributed by atoms with Crippen LogP contribution in [0.4, 0.5) is 0 Å². The predicted octanol–water partition coefficient (Wildman–Crippen LogP) is 2.95. The molecule has 0 atom stereocenters. The van der Waals surface area contributed by atoms with E-state index in [1.165, 1.54) is 5.56 Å². The summed E-state index contributed by atoms with van der Waals surface area (Å²) in [6.45, 7) is 7.25. The smallest absolute Gasteiger partial charge is 0.224 e. The highest BCUT2D eigenvalue weighted by molar-refractivity contribution is 5.78. The zero-order chi connectivity index (χ0) is 12.7. The van der Waals surface area contributed by atoms with E-state index in [1.54, 1.807) is 0 Å². The molecule has 0 aromatic heterocycles. The van der Waals surface area contributed by atoms with E-state index in [0.29, 0.717) is 12.3 Å². The molecular formula is C15H23NO. The van der Waals surface area contributed by atoms with E-state index in [-0.39, 0.29) is 5.91 Å². The van der Waals surface area contributed by atoms with Gasteiger partial charge in [-0.15, -0.1) is 0 Å². The van der Waals surface area contributed by atoms with Crippen LogP contribution in [-0.4, -0.2) is 12.5 Å². The van der Waals surface area contributed by atoms with Crippen LogP contribution >= 0.6 is 0 Å². The Bertz CT molecular complexity index is 340. The van der Waals surface area contributed by atoms with E-state index in [9.17, 15) is 4.79 Å². The normalized spacial score (nSPS) is 10.6. The van der Waals surface area contributed by atoms with E-state index in [2.05, 4.69) is 50.4 Å². The third-order valence-electron chi connectivity index (χ3n) is 2.60. The van der Waals surface area contributed by atoms with Crippen LogP contribution in [0.15, 0.2) is 24.3 Å². The van der Waals surface area contributed by atoms with E-state index < -0.39 is 0 Å². The lowest BCUT2D eigenvalue weighted by atomic mass is 10.0. The summed E-state index contributed by atoms with van der Waals surface area (Å²) in [6, 6.07) is 8.37. The van der Waals surface area contributed by atoms with E-state index >= 15 is 0 Å². The highest BCUT2D eigenvalue weighted by Crippen LogP contribution is 2.10. The summed E-state index contributed by atoms with van der Waals surface area (Å²) in [5, 5.41) is 2.89. The Hall–Kier alpha value is -1.31. The molecule has 0 radical (unpaired) electrons. The molecule has 0 spiro atoms. The van der Waals surface area contributed by atoms with Gasteiger partial charge in [-0.05, 0) is 29.9 Å². The largest absolute Gasteiger partial charge is 0.356 e. The first-order chi connectivity index (χ1) is 8.11. The molecule has 1 N–H and O–H groups in total. The first-order valence-electron chi connectivity index (χ1n) is 6.46. The Morgan fingerprint density at radius 2 is 1.76 bits per heavy atom. The van der Waals surface area contributed by atoms with Gasteiger partial charge in [-0.1, -0.05) is 45.0 Å². The van der Waals surface area contributed by atoms with E-state index in [4.69, 9.17) is 0 Å². The molecule has 2 nitrogen and oxygen atoms in total. The van der Waals surface area contributed by atoms with Gasteiger partial charge < -0.3 is 5.32 Å².